The number of benzene rings is 1. The number of rotatable bonds is 3. The van der Waals surface area contributed by atoms with Gasteiger partial charge in [-0.3, -0.25) is 0 Å². The summed E-state index contributed by atoms with van der Waals surface area (Å²) in [6.07, 6.45) is 0. The van der Waals surface area contributed by atoms with E-state index in [1.165, 1.54) is 5.39 Å². The summed E-state index contributed by atoms with van der Waals surface area (Å²) in [4.78, 5) is 3.33. The Morgan fingerprint density at radius 1 is 1.16 bits per heavy atom. The lowest BCUT2D eigenvalue weighted by atomic mass is 10.2. The van der Waals surface area contributed by atoms with Gasteiger partial charge in [0.25, 0.3) is 0 Å². The third-order valence-corrected chi connectivity index (χ3v) is 8.40. The zero-order valence-corrected chi connectivity index (χ0v) is 13.7. The van der Waals surface area contributed by atoms with Crippen LogP contribution in [0.3, 0.4) is 0 Å². The highest BCUT2D eigenvalue weighted by molar-refractivity contribution is 6.74. The second-order valence-electron chi connectivity index (χ2n) is 6.54. The Labute approximate surface area is 116 Å². The largest absolute Gasteiger partial charge is 0.543 e. The maximum absolute atomic E-state index is 6.32. The van der Waals surface area contributed by atoms with Gasteiger partial charge >= 0.3 is 0 Å². The highest BCUT2D eigenvalue weighted by Gasteiger charge is 2.38. The number of fused-ring (bicyclic) bond motifs is 1. The van der Waals surface area contributed by atoms with Gasteiger partial charge < -0.3 is 14.7 Å². The fraction of sp³-hybridized carbons (Fsp3) is 0.467. The molecular weight excluding hydrogens is 252 g/mol. The average molecular weight is 276 g/mol. The monoisotopic (exact) mass is 276 g/mol. The first kappa shape index (κ1) is 14.0. The van der Waals surface area contributed by atoms with Crippen LogP contribution in [0.1, 0.15) is 20.8 Å². The van der Waals surface area contributed by atoms with Crippen LogP contribution in [0.5, 0.6) is 5.75 Å². The molecule has 0 aliphatic heterocycles. The smallest absolute Gasteiger partial charge is 0.250 e. The number of anilines is 1. The lowest BCUT2D eigenvalue weighted by molar-refractivity contribution is 0.493. The zero-order chi connectivity index (χ0) is 14.3. The quantitative estimate of drug-likeness (QED) is 0.804. The number of hydrogen-bond donors (Lipinski definition) is 2. The summed E-state index contributed by atoms with van der Waals surface area (Å²) >= 11 is 0. The molecule has 1 aromatic carbocycles. The molecule has 4 heteroatoms. The minimum absolute atomic E-state index is 0.216. The summed E-state index contributed by atoms with van der Waals surface area (Å²) < 4.78 is 6.32. The second-order valence-corrected chi connectivity index (χ2v) is 11.3. The Bertz CT molecular complexity index is 581. The van der Waals surface area contributed by atoms with Crippen molar-refractivity contribution in [1.29, 1.82) is 0 Å². The third-order valence-electron chi connectivity index (χ3n) is 4.04. The summed E-state index contributed by atoms with van der Waals surface area (Å²) in [6.45, 7) is 11.3. The molecule has 0 aliphatic rings. The molecule has 0 amide bonds. The van der Waals surface area contributed by atoms with Crippen LogP contribution >= 0.6 is 0 Å². The summed E-state index contributed by atoms with van der Waals surface area (Å²) in [5, 5.41) is 4.54. The molecule has 0 unspecified atom stereocenters. The standard InChI is InChI=1S/C15H24N2OSi/c1-15(2,3)19(5,6)18-12-8-7-11-9-14(16-4)17-13(11)10-12/h7-10,16-17H,1-6H3. The van der Waals surface area contributed by atoms with Crippen LogP contribution in [-0.2, 0) is 0 Å². The predicted octanol–water partition coefficient (Wildman–Crippen LogP) is 4.59. The van der Waals surface area contributed by atoms with Crippen LogP contribution in [0.2, 0.25) is 18.1 Å². The molecule has 0 radical (unpaired) electrons. The molecule has 0 saturated carbocycles. The van der Waals surface area contributed by atoms with E-state index in [1.807, 2.05) is 7.05 Å². The lowest BCUT2D eigenvalue weighted by Gasteiger charge is -2.36. The van der Waals surface area contributed by atoms with Gasteiger partial charge in [-0.15, -0.1) is 0 Å². The van der Waals surface area contributed by atoms with E-state index in [0.717, 1.165) is 17.1 Å². The maximum Gasteiger partial charge on any atom is 0.250 e. The van der Waals surface area contributed by atoms with Gasteiger partial charge in [0.05, 0.1) is 5.52 Å². The maximum atomic E-state index is 6.32. The van der Waals surface area contributed by atoms with Gasteiger partial charge in [-0.1, -0.05) is 20.8 Å². The van der Waals surface area contributed by atoms with Crippen molar-refractivity contribution in [2.45, 2.75) is 38.9 Å². The SMILES string of the molecule is CNc1cc2ccc(O[Si](C)(C)C(C)(C)C)cc2[nH]1. The Kier molecular flexibility index (Phi) is 3.39. The van der Waals surface area contributed by atoms with Crippen LogP contribution in [0.25, 0.3) is 10.9 Å². The van der Waals surface area contributed by atoms with Crippen molar-refractivity contribution >= 4 is 25.0 Å². The number of aromatic amines is 1. The lowest BCUT2D eigenvalue weighted by Crippen LogP contribution is -2.43. The first-order valence-electron chi connectivity index (χ1n) is 6.72. The van der Waals surface area contributed by atoms with E-state index < -0.39 is 8.32 Å². The van der Waals surface area contributed by atoms with Crippen LogP contribution < -0.4 is 9.74 Å². The van der Waals surface area contributed by atoms with E-state index in [0.29, 0.717) is 0 Å². The molecule has 19 heavy (non-hydrogen) atoms. The number of nitrogens with one attached hydrogen (secondary N) is 2. The highest BCUT2D eigenvalue weighted by atomic mass is 28.4. The summed E-state index contributed by atoms with van der Waals surface area (Å²) in [5.74, 6) is 1.99. The molecule has 2 N–H and O–H groups in total. The molecule has 0 spiro atoms. The Hall–Kier alpha value is -1.42. The van der Waals surface area contributed by atoms with Gasteiger partial charge in [-0.2, -0.15) is 0 Å². The molecule has 0 bridgehead atoms. The normalized spacial score (nSPS) is 12.7. The van der Waals surface area contributed by atoms with Crippen LogP contribution in [0.15, 0.2) is 24.3 Å². The van der Waals surface area contributed by atoms with Crippen molar-refractivity contribution in [1.82, 2.24) is 4.98 Å². The number of hydrogen-bond acceptors (Lipinski definition) is 2. The van der Waals surface area contributed by atoms with Gasteiger partial charge in [0.15, 0.2) is 0 Å². The Balaban J connectivity index is 2.31. The summed E-state index contributed by atoms with van der Waals surface area (Å²) in [7, 11) is 0.150. The highest BCUT2D eigenvalue weighted by Crippen LogP contribution is 2.37. The molecule has 2 rings (SSSR count). The molecule has 2 aromatic rings. The fourth-order valence-corrected chi connectivity index (χ4v) is 2.77. The van der Waals surface area contributed by atoms with E-state index in [-0.39, 0.29) is 5.04 Å². The van der Waals surface area contributed by atoms with Gasteiger partial charge in [0.1, 0.15) is 11.6 Å². The zero-order valence-electron chi connectivity index (χ0n) is 12.7. The van der Waals surface area contributed by atoms with Crippen LogP contribution in [-0.4, -0.2) is 20.3 Å². The molecule has 1 heterocycles. The van der Waals surface area contributed by atoms with Crippen molar-refractivity contribution in [3.63, 3.8) is 0 Å². The summed E-state index contributed by atoms with van der Waals surface area (Å²) in [6, 6.07) is 8.37. The van der Waals surface area contributed by atoms with Crippen molar-refractivity contribution in [3.8, 4) is 5.75 Å². The van der Waals surface area contributed by atoms with Crippen LogP contribution in [0, 0.1) is 0 Å². The number of H-pyrrole nitrogens is 1. The van der Waals surface area contributed by atoms with E-state index in [1.54, 1.807) is 0 Å². The fourth-order valence-electron chi connectivity index (χ4n) is 1.75. The van der Waals surface area contributed by atoms with Gasteiger partial charge in [-0.05, 0) is 36.3 Å². The van der Waals surface area contributed by atoms with E-state index >= 15 is 0 Å². The minimum Gasteiger partial charge on any atom is -0.543 e. The van der Waals surface area contributed by atoms with Gasteiger partial charge in [0.2, 0.25) is 8.32 Å². The van der Waals surface area contributed by atoms with Gasteiger partial charge in [0, 0.05) is 18.5 Å². The van der Waals surface area contributed by atoms with Crippen LogP contribution in [0.4, 0.5) is 5.82 Å². The molecule has 3 nitrogen and oxygen atoms in total. The Morgan fingerprint density at radius 2 is 1.84 bits per heavy atom. The molecule has 0 fully saturated rings. The van der Waals surface area contributed by atoms with Crippen molar-refractivity contribution in [2.24, 2.45) is 0 Å². The third kappa shape index (κ3) is 2.78. The Morgan fingerprint density at radius 3 is 2.42 bits per heavy atom. The molecule has 0 aliphatic carbocycles. The average Bonchev–Trinajstić information content (AvgIpc) is 2.69. The topological polar surface area (TPSA) is 37.0 Å². The minimum atomic E-state index is -1.76. The predicted molar refractivity (Wildman–Crippen MR) is 85.7 cm³/mol. The van der Waals surface area contributed by atoms with E-state index in [2.05, 4.69) is 68.4 Å². The van der Waals surface area contributed by atoms with Gasteiger partial charge in [-0.25, -0.2) is 0 Å². The molecule has 1 aromatic heterocycles. The second kappa shape index (κ2) is 4.60. The number of aromatic nitrogens is 1. The van der Waals surface area contributed by atoms with E-state index in [4.69, 9.17) is 4.43 Å². The van der Waals surface area contributed by atoms with Crippen molar-refractivity contribution in [3.05, 3.63) is 24.3 Å². The molecule has 0 atom stereocenters. The molecule has 104 valence electrons. The van der Waals surface area contributed by atoms with Crippen molar-refractivity contribution < 1.29 is 4.43 Å². The molecular formula is C15H24N2OSi. The first-order valence-corrected chi connectivity index (χ1v) is 9.63. The van der Waals surface area contributed by atoms with Crippen molar-refractivity contribution in [2.75, 3.05) is 12.4 Å². The molecule has 0 saturated heterocycles. The van der Waals surface area contributed by atoms with E-state index in [9.17, 15) is 0 Å². The first-order chi connectivity index (χ1) is 8.73. The summed E-state index contributed by atoms with van der Waals surface area (Å²) in [5.41, 5.74) is 1.11.